The van der Waals surface area contributed by atoms with E-state index in [1.165, 1.54) is 16.8 Å². The van der Waals surface area contributed by atoms with Gasteiger partial charge in [0.05, 0.1) is 13.7 Å². The van der Waals surface area contributed by atoms with Crippen molar-refractivity contribution < 1.29 is 14.3 Å². The zero-order valence-corrected chi connectivity index (χ0v) is 21.5. The number of aryl methyl sites for hydroxylation is 2. The first-order valence-corrected chi connectivity index (χ1v) is 12.3. The number of piperazine rings is 1. The molecule has 0 bridgehead atoms. The summed E-state index contributed by atoms with van der Waals surface area (Å²) in [7, 11) is 1.62. The molecular formula is C29H34N4O3. The molecule has 36 heavy (non-hydrogen) atoms. The lowest BCUT2D eigenvalue weighted by Crippen LogP contribution is -2.53. The van der Waals surface area contributed by atoms with Gasteiger partial charge in [0.15, 0.2) is 0 Å². The summed E-state index contributed by atoms with van der Waals surface area (Å²) < 4.78 is 11.0. The Balaban J connectivity index is 1.56. The molecule has 3 aromatic carbocycles. The molecule has 0 saturated carbocycles. The topological polar surface area (TPSA) is 66.4 Å². The van der Waals surface area contributed by atoms with Crippen LogP contribution in [-0.2, 0) is 0 Å². The molecule has 1 aliphatic rings. The molecule has 1 amide bonds. The maximum atomic E-state index is 13.2. The van der Waals surface area contributed by atoms with Crippen LogP contribution in [0.5, 0.6) is 11.5 Å². The van der Waals surface area contributed by atoms with Crippen molar-refractivity contribution in [1.82, 2.24) is 10.2 Å². The number of guanidine groups is 1. The summed E-state index contributed by atoms with van der Waals surface area (Å²) in [6, 6.07) is 21.2. The third kappa shape index (κ3) is 5.97. The summed E-state index contributed by atoms with van der Waals surface area (Å²) in [5.41, 5.74) is 4.98. The van der Waals surface area contributed by atoms with Gasteiger partial charge in [-0.05, 0) is 74.4 Å². The van der Waals surface area contributed by atoms with Crippen molar-refractivity contribution >= 4 is 23.2 Å². The zero-order chi connectivity index (χ0) is 25.5. The zero-order valence-electron chi connectivity index (χ0n) is 21.5. The number of anilines is 1. The van der Waals surface area contributed by atoms with Gasteiger partial charge in [-0.1, -0.05) is 24.3 Å². The fourth-order valence-corrected chi connectivity index (χ4v) is 4.28. The van der Waals surface area contributed by atoms with Crippen molar-refractivity contribution in [3.05, 3.63) is 83.4 Å². The van der Waals surface area contributed by atoms with E-state index in [0.29, 0.717) is 29.6 Å². The van der Waals surface area contributed by atoms with Crippen LogP contribution < -0.4 is 19.7 Å². The van der Waals surface area contributed by atoms with Crippen molar-refractivity contribution in [2.75, 3.05) is 44.8 Å². The van der Waals surface area contributed by atoms with Gasteiger partial charge in [-0.2, -0.15) is 0 Å². The van der Waals surface area contributed by atoms with Crippen molar-refractivity contribution in [2.24, 2.45) is 4.99 Å². The Kier molecular flexibility index (Phi) is 8.10. The Morgan fingerprint density at radius 2 is 1.69 bits per heavy atom. The van der Waals surface area contributed by atoms with Crippen LogP contribution in [0.15, 0.2) is 71.7 Å². The van der Waals surface area contributed by atoms with E-state index in [0.717, 1.165) is 31.9 Å². The highest BCUT2D eigenvalue weighted by atomic mass is 16.5. The molecule has 3 aromatic rings. The van der Waals surface area contributed by atoms with Crippen molar-refractivity contribution in [3.63, 3.8) is 0 Å². The average molecular weight is 487 g/mol. The molecule has 0 atom stereocenters. The molecule has 1 fully saturated rings. The predicted octanol–water partition coefficient (Wildman–Crippen LogP) is 4.95. The lowest BCUT2D eigenvalue weighted by atomic mass is 10.1. The highest BCUT2D eigenvalue weighted by Crippen LogP contribution is 2.27. The lowest BCUT2D eigenvalue weighted by molar-refractivity contribution is 0.0971. The molecule has 0 aliphatic carbocycles. The number of hydrogen-bond acceptors (Lipinski definition) is 5. The molecule has 4 rings (SSSR count). The second kappa shape index (κ2) is 11.6. The molecule has 188 valence electrons. The van der Waals surface area contributed by atoms with Gasteiger partial charge in [0.25, 0.3) is 5.91 Å². The number of carbonyl (C=O) groups is 1. The normalized spacial score (nSPS) is 13.9. The van der Waals surface area contributed by atoms with Crippen LogP contribution in [0.4, 0.5) is 11.4 Å². The molecule has 1 N–H and O–H groups in total. The van der Waals surface area contributed by atoms with E-state index in [4.69, 9.17) is 14.5 Å². The van der Waals surface area contributed by atoms with E-state index >= 15 is 0 Å². The van der Waals surface area contributed by atoms with Gasteiger partial charge in [-0.15, -0.1) is 0 Å². The molecule has 0 radical (unpaired) electrons. The maximum absolute atomic E-state index is 13.2. The Bertz CT molecular complexity index is 1220. The Morgan fingerprint density at radius 1 is 0.972 bits per heavy atom. The third-order valence-corrected chi connectivity index (χ3v) is 6.25. The van der Waals surface area contributed by atoms with Crippen molar-refractivity contribution in [2.45, 2.75) is 20.8 Å². The maximum Gasteiger partial charge on any atom is 0.257 e. The molecule has 1 saturated heterocycles. The molecule has 0 unspecified atom stereocenters. The van der Waals surface area contributed by atoms with E-state index in [-0.39, 0.29) is 5.91 Å². The molecule has 1 aliphatic heterocycles. The summed E-state index contributed by atoms with van der Waals surface area (Å²) in [5.74, 6) is 1.68. The van der Waals surface area contributed by atoms with Gasteiger partial charge >= 0.3 is 0 Å². The summed E-state index contributed by atoms with van der Waals surface area (Å²) in [5, 5.41) is 3.05. The van der Waals surface area contributed by atoms with Crippen molar-refractivity contribution in [3.8, 4) is 11.5 Å². The standard InChI is InChI=1S/C29H34N4O3/c1-5-36-24-14-12-23(13-15-24)28(34)31-29(30-25-8-6-7-9-27(25)35-4)33-18-16-32(17-19-33)26-20-21(2)10-11-22(26)3/h6-15,20H,5,16-19H2,1-4H3,(H,30,31,34). The molecule has 0 spiro atoms. The van der Waals surface area contributed by atoms with Crippen LogP contribution in [-0.4, -0.2) is 56.7 Å². The molecular weight excluding hydrogens is 452 g/mol. The number of amides is 1. The highest BCUT2D eigenvalue weighted by molar-refractivity contribution is 6.06. The van der Waals surface area contributed by atoms with E-state index < -0.39 is 0 Å². The van der Waals surface area contributed by atoms with E-state index in [1.807, 2.05) is 31.2 Å². The summed E-state index contributed by atoms with van der Waals surface area (Å²) in [6.07, 6.45) is 0. The summed E-state index contributed by atoms with van der Waals surface area (Å²) in [4.78, 5) is 22.5. The summed E-state index contributed by atoms with van der Waals surface area (Å²) in [6.45, 7) is 9.88. The van der Waals surface area contributed by atoms with Crippen LogP contribution in [0.1, 0.15) is 28.4 Å². The van der Waals surface area contributed by atoms with E-state index in [1.54, 1.807) is 31.4 Å². The van der Waals surface area contributed by atoms with Crippen LogP contribution in [0, 0.1) is 13.8 Å². The van der Waals surface area contributed by atoms with Crippen LogP contribution in [0.3, 0.4) is 0 Å². The average Bonchev–Trinajstić information content (AvgIpc) is 2.90. The number of methoxy groups -OCH3 is 1. The minimum atomic E-state index is -0.219. The molecule has 7 heteroatoms. The number of carbonyl (C=O) groups excluding carboxylic acids is 1. The first-order chi connectivity index (χ1) is 17.5. The predicted molar refractivity (Wildman–Crippen MR) is 145 cm³/mol. The van der Waals surface area contributed by atoms with Gasteiger partial charge in [-0.3, -0.25) is 10.1 Å². The number of benzene rings is 3. The van der Waals surface area contributed by atoms with E-state index in [2.05, 4.69) is 47.2 Å². The summed E-state index contributed by atoms with van der Waals surface area (Å²) >= 11 is 0. The minimum absolute atomic E-state index is 0.219. The first kappa shape index (κ1) is 25.1. The van der Waals surface area contributed by atoms with Crippen LogP contribution >= 0.6 is 0 Å². The van der Waals surface area contributed by atoms with Crippen LogP contribution in [0.2, 0.25) is 0 Å². The van der Waals surface area contributed by atoms with Crippen LogP contribution in [0.25, 0.3) is 0 Å². The number of nitrogens with one attached hydrogen (secondary N) is 1. The minimum Gasteiger partial charge on any atom is -0.494 e. The van der Waals surface area contributed by atoms with Gasteiger partial charge in [0, 0.05) is 37.4 Å². The number of para-hydroxylation sites is 2. The first-order valence-electron chi connectivity index (χ1n) is 12.3. The second-order valence-corrected chi connectivity index (χ2v) is 8.78. The fraction of sp³-hybridized carbons (Fsp3) is 0.310. The Labute approximate surface area is 213 Å². The molecule has 7 nitrogen and oxygen atoms in total. The van der Waals surface area contributed by atoms with E-state index in [9.17, 15) is 4.79 Å². The number of aliphatic imine (C=N–C) groups is 1. The number of rotatable bonds is 6. The Morgan fingerprint density at radius 3 is 2.39 bits per heavy atom. The SMILES string of the molecule is CCOc1ccc(C(=O)NC(=Nc2ccccc2OC)N2CCN(c3cc(C)ccc3C)CC2)cc1. The quantitative estimate of drug-likeness (QED) is 0.395. The monoisotopic (exact) mass is 486 g/mol. The molecule has 1 heterocycles. The highest BCUT2D eigenvalue weighted by Gasteiger charge is 2.23. The smallest absolute Gasteiger partial charge is 0.257 e. The van der Waals surface area contributed by atoms with Crippen molar-refractivity contribution in [1.29, 1.82) is 0 Å². The number of nitrogens with zero attached hydrogens (tertiary/aromatic N) is 3. The van der Waals surface area contributed by atoms with Gasteiger partial charge in [-0.25, -0.2) is 4.99 Å². The largest absolute Gasteiger partial charge is 0.494 e. The molecule has 0 aromatic heterocycles. The lowest BCUT2D eigenvalue weighted by Gasteiger charge is -2.38. The second-order valence-electron chi connectivity index (χ2n) is 8.78. The van der Waals surface area contributed by atoms with Gasteiger partial charge in [0.2, 0.25) is 5.96 Å². The fourth-order valence-electron chi connectivity index (χ4n) is 4.28. The third-order valence-electron chi connectivity index (χ3n) is 6.25. The number of ether oxygens (including phenoxy) is 2. The van der Waals surface area contributed by atoms with Gasteiger partial charge < -0.3 is 19.3 Å². The number of hydrogen-bond donors (Lipinski definition) is 1. The Hall–Kier alpha value is -4.00. The van der Waals surface area contributed by atoms with Gasteiger partial charge in [0.1, 0.15) is 17.2 Å².